The van der Waals surface area contributed by atoms with Crippen molar-refractivity contribution in [3.63, 3.8) is 0 Å². The molecule has 2 aromatic carbocycles. The summed E-state index contributed by atoms with van der Waals surface area (Å²) in [5, 5.41) is 2.92. The zero-order valence-electron chi connectivity index (χ0n) is 18.9. The average Bonchev–Trinajstić information content (AvgIpc) is 3.12. The second-order valence-corrected chi connectivity index (χ2v) is 7.36. The number of carbonyl (C=O) groups excluding carboxylic acids is 1. The van der Waals surface area contributed by atoms with E-state index in [1.807, 2.05) is 31.2 Å². The summed E-state index contributed by atoms with van der Waals surface area (Å²) in [6.45, 7) is 3.60. The van der Waals surface area contributed by atoms with Gasteiger partial charge >= 0.3 is 0 Å². The van der Waals surface area contributed by atoms with Gasteiger partial charge in [0.2, 0.25) is 0 Å². The van der Waals surface area contributed by atoms with E-state index < -0.39 is 0 Å². The monoisotopic (exact) mass is 449 g/mol. The first kappa shape index (κ1) is 22.3. The van der Waals surface area contributed by atoms with Crippen molar-refractivity contribution in [1.29, 1.82) is 0 Å². The third-order valence-electron chi connectivity index (χ3n) is 5.27. The number of ether oxygens (including phenoxy) is 3. The normalized spacial score (nSPS) is 11.1. The summed E-state index contributed by atoms with van der Waals surface area (Å²) in [4.78, 5) is 22.7. The quantitative estimate of drug-likeness (QED) is 0.377. The number of nitrogen functional groups attached to an aromatic ring is 1. The van der Waals surface area contributed by atoms with Crippen LogP contribution in [0.1, 0.15) is 23.7 Å². The van der Waals surface area contributed by atoms with Crippen molar-refractivity contribution in [2.75, 3.05) is 39.7 Å². The molecule has 9 heteroatoms. The number of methoxy groups -OCH3 is 2. The van der Waals surface area contributed by atoms with Crippen LogP contribution >= 0.6 is 0 Å². The number of nitrogens with one attached hydrogen (secondary N) is 1. The van der Waals surface area contributed by atoms with Crippen molar-refractivity contribution < 1.29 is 19.0 Å². The van der Waals surface area contributed by atoms with Gasteiger partial charge in [-0.1, -0.05) is 12.1 Å². The van der Waals surface area contributed by atoms with Crippen LogP contribution in [0.3, 0.4) is 0 Å². The Morgan fingerprint density at radius 1 is 1.06 bits per heavy atom. The van der Waals surface area contributed by atoms with Crippen LogP contribution in [0.4, 0.5) is 5.82 Å². The van der Waals surface area contributed by atoms with Gasteiger partial charge in [0, 0.05) is 38.0 Å². The fourth-order valence-corrected chi connectivity index (χ4v) is 3.68. The molecule has 0 radical (unpaired) electrons. The molecular weight excluding hydrogens is 422 g/mol. The van der Waals surface area contributed by atoms with E-state index in [4.69, 9.17) is 29.9 Å². The lowest BCUT2D eigenvalue weighted by atomic mass is 10.2. The molecule has 1 amide bonds. The Hall–Kier alpha value is -3.85. The van der Waals surface area contributed by atoms with Gasteiger partial charge in [0.25, 0.3) is 5.91 Å². The first-order valence-electron chi connectivity index (χ1n) is 10.7. The van der Waals surface area contributed by atoms with Crippen molar-refractivity contribution in [3.8, 4) is 17.2 Å². The SMILES string of the molecule is CCOCCCNC(=O)c1c(N)n(-c2cc(OC)cc(OC)c2)c2nc3ccccc3nc12. The molecule has 3 N–H and O–H groups in total. The predicted octanol–water partition coefficient (Wildman–Crippen LogP) is 3.33. The Labute approximate surface area is 191 Å². The molecule has 4 rings (SSSR count). The molecule has 4 aromatic rings. The number of benzene rings is 2. The molecule has 2 aromatic heterocycles. The molecule has 0 fully saturated rings. The molecule has 0 saturated heterocycles. The minimum atomic E-state index is -0.313. The van der Waals surface area contributed by atoms with Crippen molar-refractivity contribution in [2.24, 2.45) is 0 Å². The summed E-state index contributed by atoms with van der Waals surface area (Å²) >= 11 is 0. The smallest absolute Gasteiger partial charge is 0.257 e. The first-order valence-corrected chi connectivity index (χ1v) is 10.7. The number of nitrogens with two attached hydrogens (primary N) is 1. The Bertz CT molecular complexity index is 1280. The Morgan fingerprint density at radius 3 is 2.36 bits per heavy atom. The lowest BCUT2D eigenvalue weighted by Crippen LogP contribution is -2.26. The summed E-state index contributed by atoms with van der Waals surface area (Å²) < 4.78 is 17.9. The van der Waals surface area contributed by atoms with Crippen LogP contribution in [-0.2, 0) is 4.74 Å². The van der Waals surface area contributed by atoms with E-state index in [2.05, 4.69) is 5.32 Å². The average molecular weight is 450 g/mol. The summed E-state index contributed by atoms with van der Waals surface area (Å²) in [6.07, 6.45) is 0.694. The van der Waals surface area contributed by atoms with Crippen LogP contribution in [0.2, 0.25) is 0 Å². The molecular formula is C24H27N5O4. The molecule has 0 aliphatic heterocycles. The van der Waals surface area contributed by atoms with Gasteiger partial charge in [0.15, 0.2) is 5.65 Å². The number of amides is 1. The number of hydrogen-bond donors (Lipinski definition) is 2. The second-order valence-electron chi connectivity index (χ2n) is 7.36. The Kier molecular flexibility index (Phi) is 6.60. The molecule has 2 heterocycles. The standard InChI is InChI=1S/C24H27N5O4/c1-4-33-11-7-10-26-24(30)20-21-23(28-19-9-6-5-8-18(19)27-21)29(22(20)25)15-12-16(31-2)14-17(13-15)32-3/h5-6,8-9,12-14H,4,7,10-11,25H2,1-3H3,(H,26,30). The van der Waals surface area contributed by atoms with Gasteiger partial charge in [0.05, 0.1) is 30.9 Å². The predicted molar refractivity (Wildman–Crippen MR) is 127 cm³/mol. The van der Waals surface area contributed by atoms with Gasteiger partial charge in [-0.25, -0.2) is 9.97 Å². The fraction of sp³-hybridized carbons (Fsp3) is 0.292. The minimum absolute atomic E-state index is 0.234. The van der Waals surface area contributed by atoms with Gasteiger partial charge in [0.1, 0.15) is 28.4 Å². The van der Waals surface area contributed by atoms with Crippen LogP contribution < -0.4 is 20.5 Å². The Balaban J connectivity index is 1.87. The van der Waals surface area contributed by atoms with Crippen LogP contribution in [0.15, 0.2) is 42.5 Å². The summed E-state index contributed by atoms with van der Waals surface area (Å²) in [6, 6.07) is 12.9. The first-order chi connectivity index (χ1) is 16.1. The molecule has 0 aliphatic rings. The van der Waals surface area contributed by atoms with E-state index in [1.165, 1.54) is 0 Å². The number of hydrogen-bond acceptors (Lipinski definition) is 7. The second kappa shape index (κ2) is 9.74. The van der Waals surface area contributed by atoms with E-state index in [0.29, 0.717) is 65.6 Å². The number of nitrogens with zero attached hydrogens (tertiary/aromatic N) is 3. The fourth-order valence-electron chi connectivity index (χ4n) is 3.68. The van der Waals surface area contributed by atoms with E-state index >= 15 is 0 Å². The van der Waals surface area contributed by atoms with Crippen molar-refractivity contribution >= 4 is 33.9 Å². The van der Waals surface area contributed by atoms with Gasteiger partial charge < -0.3 is 25.3 Å². The maximum Gasteiger partial charge on any atom is 0.257 e. The summed E-state index contributed by atoms with van der Waals surface area (Å²) in [5.41, 5.74) is 9.76. The highest BCUT2D eigenvalue weighted by molar-refractivity contribution is 6.11. The van der Waals surface area contributed by atoms with Gasteiger partial charge in [-0.2, -0.15) is 0 Å². The minimum Gasteiger partial charge on any atom is -0.497 e. The zero-order valence-corrected chi connectivity index (χ0v) is 18.9. The van der Waals surface area contributed by atoms with E-state index in [9.17, 15) is 4.79 Å². The molecule has 0 atom stereocenters. The molecule has 0 unspecified atom stereocenters. The summed E-state index contributed by atoms with van der Waals surface area (Å²) in [7, 11) is 3.15. The third-order valence-corrected chi connectivity index (χ3v) is 5.27. The molecule has 0 bridgehead atoms. The number of rotatable bonds is 9. The number of aromatic nitrogens is 3. The Morgan fingerprint density at radius 2 is 1.73 bits per heavy atom. The van der Waals surface area contributed by atoms with Crippen LogP contribution in [0, 0.1) is 0 Å². The van der Waals surface area contributed by atoms with Crippen molar-refractivity contribution in [3.05, 3.63) is 48.0 Å². The molecule has 0 saturated carbocycles. The highest BCUT2D eigenvalue weighted by Gasteiger charge is 2.25. The van der Waals surface area contributed by atoms with Gasteiger partial charge in [-0.3, -0.25) is 9.36 Å². The maximum atomic E-state index is 13.2. The van der Waals surface area contributed by atoms with E-state index in [-0.39, 0.29) is 17.3 Å². The van der Waals surface area contributed by atoms with Gasteiger partial charge in [-0.05, 0) is 25.5 Å². The summed E-state index contributed by atoms with van der Waals surface area (Å²) in [5.74, 6) is 1.09. The highest BCUT2D eigenvalue weighted by Crippen LogP contribution is 2.34. The maximum absolute atomic E-state index is 13.2. The topological polar surface area (TPSA) is 114 Å². The number of anilines is 1. The van der Waals surface area contributed by atoms with E-state index in [1.54, 1.807) is 37.0 Å². The lowest BCUT2D eigenvalue weighted by Gasteiger charge is -2.12. The number of fused-ring (bicyclic) bond motifs is 2. The molecule has 172 valence electrons. The van der Waals surface area contributed by atoms with Crippen LogP contribution in [0.5, 0.6) is 11.5 Å². The van der Waals surface area contributed by atoms with Crippen molar-refractivity contribution in [1.82, 2.24) is 19.9 Å². The lowest BCUT2D eigenvalue weighted by molar-refractivity contribution is 0.0946. The van der Waals surface area contributed by atoms with Gasteiger partial charge in [-0.15, -0.1) is 0 Å². The largest absolute Gasteiger partial charge is 0.497 e. The van der Waals surface area contributed by atoms with Crippen LogP contribution in [-0.4, -0.2) is 54.4 Å². The molecule has 9 nitrogen and oxygen atoms in total. The van der Waals surface area contributed by atoms with E-state index in [0.717, 1.165) is 0 Å². The molecule has 33 heavy (non-hydrogen) atoms. The van der Waals surface area contributed by atoms with Crippen molar-refractivity contribution in [2.45, 2.75) is 13.3 Å². The third kappa shape index (κ3) is 4.40. The number of para-hydroxylation sites is 2. The van der Waals surface area contributed by atoms with Crippen LogP contribution in [0.25, 0.3) is 27.9 Å². The molecule has 0 spiro atoms. The zero-order chi connectivity index (χ0) is 23.4. The molecule has 0 aliphatic carbocycles. The number of carbonyl (C=O) groups is 1. The highest BCUT2D eigenvalue weighted by atomic mass is 16.5.